The molecular weight excluding hydrogens is 352 g/mol. The smallest absolute Gasteiger partial charge is 0.254 e. The Morgan fingerprint density at radius 3 is 2.61 bits per heavy atom. The number of hydrogen-bond acceptors (Lipinski definition) is 3. The van der Waals surface area contributed by atoms with Crippen molar-refractivity contribution in [3.05, 3.63) is 65.2 Å². The molecule has 5 nitrogen and oxygen atoms in total. The summed E-state index contributed by atoms with van der Waals surface area (Å²) < 4.78 is 0. The van der Waals surface area contributed by atoms with E-state index in [1.807, 2.05) is 53.4 Å². The SMILES string of the molecule is CC(=O)N1CCc2cc(C(=O)N3CCCC3(CO)Cc3ccccc3)ccc21. The number of fused-ring (bicyclic) bond motifs is 1. The van der Waals surface area contributed by atoms with Crippen LogP contribution in [0, 0.1) is 0 Å². The second-order valence-corrected chi connectivity index (χ2v) is 7.87. The molecule has 5 heteroatoms. The third-order valence-corrected chi connectivity index (χ3v) is 6.11. The van der Waals surface area contributed by atoms with E-state index in [0.717, 1.165) is 36.1 Å². The summed E-state index contributed by atoms with van der Waals surface area (Å²) in [4.78, 5) is 28.7. The second-order valence-electron chi connectivity index (χ2n) is 7.87. The standard InChI is InChI=1S/C23H26N2O3/c1-17(27)24-13-10-19-14-20(8-9-21(19)24)22(28)25-12-5-11-23(25,16-26)15-18-6-3-2-4-7-18/h2-4,6-9,14,26H,5,10-13,15-16H2,1H3. The zero-order valence-corrected chi connectivity index (χ0v) is 16.2. The Bertz CT molecular complexity index is 896. The minimum absolute atomic E-state index is 0.0273. The van der Waals surface area contributed by atoms with E-state index in [2.05, 4.69) is 0 Å². The van der Waals surface area contributed by atoms with Crippen LogP contribution in [-0.2, 0) is 17.6 Å². The van der Waals surface area contributed by atoms with Gasteiger partial charge in [0.05, 0.1) is 12.1 Å². The minimum Gasteiger partial charge on any atom is -0.394 e. The molecule has 0 aromatic heterocycles. The molecule has 28 heavy (non-hydrogen) atoms. The number of aliphatic hydroxyl groups excluding tert-OH is 1. The maximum atomic E-state index is 13.4. The molecule has 2 amide bonds. The summed E-state index contributed by atoms with van der Waals surface area (Å²) in [5, 5.41) is 10.3. The van der Waals surface area contributed by atoms with Crippen molar-refractivity contribution in [2.75, 3.05) is 24.6 Å². The molecule has 0 radical (unpaired) electrons. The van der Waals surface area contributed by atoms with E-state index in [0.29, 0.717) is 25.1 Å². The molecule has 146 valence electrons. The molecule has 1 atom stereocenters. The summed E-state index contributed by atoms with van der Waals surface area (Å²) >= 11 is 0. The van der Waals surface area contributed by atoms with Crippen molar-refractivity contribution in [2.24, 2.45) is 0 Å². The molecule has 2 aromatic carbocycles. The van der Waals surface area contributed by atoms with Gasteiger partial charge in [0.2, 0.25) is 5.91 Å². The van der Waals surface area contributed by atoms with Gasteiger partial charge in [-0.25, -0.2) is 0 Å². The van der Waals surface area contributed by atoms with Gasteiger partial charge in [0, 0.05) is 31.3 Å². The first kappa shape index (κ1) is 18.7. The molecule has 1 fully saturated rings. The molecule has 0 bridgehead atoms. The van der Waals surface area contributed by atoms with Crippen molar-refractivity contribution in [3.8, 4) is 0 Å². The first-order chi connectivity index (χ1) is 13.5. The largest absolute Gasteiger partial charge is 0.394 e. The fraction of sp³-hybridized carbons (Fsp3) is 0.391. The summed E-state index contributed by atoms with van der Waals surface area (Å²) in [7, 11) is 0. The Morgan fingerprint density at radius 2 is 1.89 bits per heavy atom. The first-order valence-electron chi connectivity index (χ1n) is 9.92. The third-order valence-electron chi connectivity index (χ3n) is 6.11. The highest BCUT2D eigenvalue weighted by atomic mass is 16.3. The summed E-state index contributed by atoms with van der Waals surface area (Å²) in [6.45, 7) is 2.85. The predicted molar refractivity (Wildman–Crippen MR) is 108 cm³/mol. The van der Waals surface area contributed by atoms with Crippen LogP contribution in [0.15, 0.2) is 48.5 Å². The number of nitrogens with zero attached hydrogens (tertiary/aromatic N) is 2. The number of likely N-dealkylation sites (tertiary alicyclic amines) is 1. The molecule has 0 saturated carbocycles. The zero-order chi connectivity index (χ0) is 19.7. The number of rotatable bonds is 4. The lowest BCUT2D eigenvalue weighted by molar-refractivity contribution is -0.116. The van der Waals surface area contributed by atoms with E-state index in [1.165, 1.54) is 0 Å². The lowest BCUT2D eigenvalue weighted by Crippen LogP contribution is -2.51. The molecular formula is C23H26N2O3. The molecule has 1 unspecified atom stereocenters. The van der Waals surface area contributed by atoms with E-state index >= 15 is 0 Å². The van der Waals surface area contributed by atoms with Crippen LogP contribution < -0.4 is 4.90 Å². The lowest BCUT2D eigenvalue weighted by atomic mass is 9.88. The number of benzene rings is 2. The zero-order valence-electron chi connectivity index (χ0n) is 16.2. The topological polar surface area (TPSA) is 60.9 Å². The maximum absolute atomic E-state index is 13.4. The van der Waals surface area contributed by atoms with Gasteiger partial charge in [0.15, 0.2) is 0 Å². The first-order valence-corrected chi connectivity index (χ1v) is 9.92. The normalized spacial score (nSPS) is 21.1. The molecule has 1 saturated heterocycles. The molecule has 1 N–H and O–H groups in total. The lowest BCUT2D eigenvalue weighted by Gasteiger charge is -2.37. The molecule has 2 heterocycles. The second kappa shape index (κ2) is 7.40. The van der Waals surface area contributed by atoms with Crippen LogP contribution in [-0.4, -0.2) is 47.1 Å². The quantitative estimate of drug-likeness (QED) is 0.890. The molecule has 2 aromatic rings. The maximum Gasteiger partial charge on any atom is 0.254 e. The highest BCUT2D eigenvalue weighted by Gasteiger charge is 2.43. The molecule has 2 aliphatic heterocycles. The van der Waals surface area contributed by atoms with Crippen molar-refractivity contribution in [3.63, 3.8) is 0 Å². The highest BCUT2D eigenvalue weighted by molar-refractivity contribution is 5.98. The Morgan fingerprint density at radius 1 is 1.11 bits per heavy atom. The fourth-order valence-corrected chi connectivity index (χ4v) is 4.65. The average molecular weight is 378 g/mol. The summed E-state index contributed by atoms with van der Waals surface area (Å²) in [6.07, 6.45) is 3.11. The Kier molecular flexibility index (Phi) is 4.94. The van der Waals surface area contributed by atoms with Crippen LogP contribution in [0.4, 0.5) is 5.69 Å². The number of amides is 2. The predicted octanol–water partition coefficient (Wildman–Crippen LogP) is 2.81. The molecule has 2 aliphatic rings. The van der Waals surface area contributed by atoms with Gasteiger partial charge in [0.1, 0.15) is 0 Å². The van der Waals surface area contributed by atoms with E-state index in [1.54, 1.807) is 11.8 Å². The van der Waals surface area contributed by atoms with E-state index < -0.39 is 5.54 Å². The van der Waals surface area contributed by atoms with Crippen molar-refractivity contribution in [2.45, 2.75) is 38.1 Å². The monoisotopic (exact) mass is 378 g/mol. The number of hydrogen-bond donors (Lipinski definition) is 1. The number of aliphatic hydroxyl groups is 1. The molecule has 4 rings (SSSR count). The van der Waals surface area contributed by atoms with Crippen molar-refractivity contribution < 1.29 is 14.7 Å². The Hall–Kier alpha value is -2.66. The summed E-state index contributed by atoms with van der Waals surface area (Å²) in [6, 6.07) is 15.7. The Labute approximate surface area is 165 Å². The number of anilines is 1. The van der Waals surface area contributed by atoms with Crippen LogP contribution in [0.25, 0.3) is 0 Å². The number of carbonyl (C=O) groups is 2. The van der Waals surface area contributed by atoms with Crippen LogP contribution in [0.5, 0.6) is 0 Å². The van der Waals surface area contributed by atoms with Gasteiger partial charge in [-0.15, -0.1) is 0 Å². The van der Waals surface area contributed by atoms with Crippen molar-refractivity contribution in [1.82, 2.24) is 4.90 Å². The van der Waals surface area contributed by atoms with Gasteiger partial charge in [-0.3, -0.25) is 9.59 Å². The minimum atomic E-state index is -0.553. The summed E-state index contributed by atoms with van der Waals surface area (Å²) in [5.74, 6) is -0.00826. The van der Waals surface area contributed by atoms with E-state index in [4.69, 9.17) is 0 Å². The molecule has 0 spiro atoms. The van der Waals surface area contributed by atoms with Gasteiger partial charge in [0.25, 0.3) is 5.91 Å². The average Bonchev–Trinajstić information content (AvgIpc) is 3.32. The van der Waals surface area contributed by atoms with Gasteiger partial charge >= 0.3 is 0 Å². The van der Waals surface area contributed by atoms with Gasteiger partial charge < -0.3 is 14.9 Å². The van der Waals surface area contributed by atoms with Crippen molar-refractivity contribution >= 4 is 17.5 Å². The third kappa shape index (κ3) is 3.20. The van der Waals surface area contributed by atoms with Crippen LogP contribution in [0.2, 0.25) is 0 Å². The fourth-order valence-electron chi connectivity index (χ4n) is 4.65. The van der Waals surface area contributed by atoms with Gasteiger partial charge in [-0.2, -0.15) is 0 Å². The number of carbonyl (C=O) groups excluding carboxylic acids is 2. The van der Waals surface area contributed by atoms with Gasteiger partial charge in [-0.05, 0) is 55.0 Å². The summed E-state index contributed by atoms with van der Waals surface area (Å²) in [5.41, 5.74) is 3.16. The highest BCUT2D eigenvalue weighted by Crippen LogP contribution is 2.35. The van der Waals surface area contributed by atoms with Crippen LogP contribution >= 0.6 is 0 Å². The molecule has 0 aliphatic carbocycles. The van der Waals surface area contributed by atoms with Crippen LogP contribution in [0.1, 0.15) is 41.3 Å². The van der Waals surface area contributed by atoms with Crippen molar-refractivity contribution in [1.29, 1.82) is 0 Å². The van der Waals surface area contributed by atoms with E-state index in [-0.39, 0.29) is 18.4 Å². The Balaban J connectivity index is 1.61. The van der Waals surface area contributed by atoms with Gasteiger partial charge in [-0.1, -0.05) is 30.3 Å². The van der Waals surface area contributed by atoms with Crippen LogP contribution in [0.3, 0.4) is 0 Å². The van der Waals surface area contributed by atoms with E-state index in [9.17, 15) is 14.7 Å².